The van der Waals surface area contributed by atoms with Gasteiger partial charge in [-0.2, -0.15) is 0 Å². The van der Waals surface area contributed by atoms with Crippen molar-refractivity contribution < 1.29 is 4.79 Å². The number of carbonyl (C=O) groups excluding carboxylic acids is 1. The zero-order valence-corrected chi connectivity index (χ0v) is 15.2. The van der Waals surface area contributed by atoms with Crippen LogP contribution >= 0.6 is 0 Å². The molecule has 1 aliphatic heterocycles. The second-order valence-electron chi connectivity index (χ2n) is 7.59. The maximum atomic E-state index is 11.3. The molecule has 1 amide bonds. The molecule has 136 valence electrons. The molecule has 0 aromatic heterocycles. The highest BCUT2D eigenvalue weighted by molar-refractivity contribution is 5.76. The van der Waals surface area contributed by atoms with E-state index in [1.165, 1.54) is 22.4 Å². The fourth-order valence-corrected chi connectivity index (χ4v) is 4.30. The van der Waals surface area contributed by atoms with E-state index in [4.69, 9.17) is 5.73 Å². The molecule has 1 atom stereocenters. The summed E-state index contributed by atoms with van der Waals surface area (Å²) in [5, 5.41) is 3.72. The number of primary amides is 1. The largest absolute Gasteiger partial charge is 0.378 e. The minimum absolute atomic E-state index is 0.0571. The first-order valence-corrected chi connectivity index (χ1v) is 9.64. The number of anilines is 1. The van der Waals surface area contributed by atoms with E-state index in [0.717, 1.165) is 45.3 Å². The number of nitrogens with two attached hydrogens (primary N) is 1. The van der Waals surface area contributed by atoms with Gasteiger partial charge < -0.3 is 11.1 Å². The number of hydrogen-bond donors (Lipinski definition) is 2. The molecule has 2 aliphatic rings. The monoisotopic (exact) mass is 349 g/mol. The molecule has 1 saturated heterocycles. The van der Waals surface area contributed by atoms with E-state index in [-0.39, 0.29) is 11.8 Å². The van der Waals surface area contributed by atoms with Crippen LogP contribution in [0.4, 0.5) is 5.69 Å². The molecule has 1 aliphatic carbocycles. The van der Waals surface area contributed by atoms with Crippen molar-refractivity contribution in [1.82, 2.24) is 4.90 Å². The van der Waals surface area contributed by atoms with Gasteiger partial charge in [-0.1, -0.05) is 36.4 Å². The molecule has 4 heteroatoms. The van der Waals surface area contributed by atoms with Gasteiger partial charge in [-0.15, -0.1) is 0 Å². The summed E-state index contributed by atoms with van der Waals surface area (Å²) < 4.78 is 0. The van der Waals surface area contributed by atoms with Gasteiger partial charge in [0.2, 0.25) is 5.91 Å². The summed E-state index contributed by atoms with van der Waals surface area (Å²) in [6.45, 7) is 2.82. The molecule has 2 aromatic rings. The third-order valence-corrected chi connectivity index (χ3v) is 5.80. The summed E-state index contributed by atoms with van der Waals surface area (Å²) in [5.41, 5.74) is 10.8. The van der Waals surface area contributed by atoms with Crippen LogP contribution in [-0.2, 0) is 17.8 Å². The average molecular weight is 349 g/mol. The van der Waals surface area contributed by atoms with Gasteiger partial charge in [0, 0.05) is 18.2 Å². The van der Waals surface area contributed by atoms with Crippen LogP contribution in [0.1, 0.15) is 42.0 Å². The van der Waals surface area contributed by atoms with Crippen molar-refractivity contribution in [3.63, 3.8) is 0 Å². The Balaban J connectivity index is 1.38. The van der Waals surface area contributed by atoms with E-state index in [1.807, 2.05) is 0 Å². The smallest absolute Gasteiger partial charge is 0.220 e. The Morgan fingerprint density at radius 1 is 1.08 bits per heavy atom. The van der Waals surface area contributed by atoms with Crippen LogP contribution in [0, 0.1) is 5.92 Å². The maximum Gasteiger partial charge on any atom is 0.220 e. The fourth-order valence-electron chi connectivity index (χ4n) is 4.30. The number of nitrogens with zero attached hydrogens (tertiary/aromatic N) is 1. The highest BCUT2D eigenvalue weighted by atomic mass is 16.1. The Morgan fingerprint density at radius 3 is 2.69 bits per heavy atom. The summed E-state index contributed by atoms with van der Waals surface area (Å²) in [5.74, 6) is -0.0885. The van der Waals surface area contributed by atoms with Gasteiger partial charge in [0.05, 0.1) is 6.04 Å². The molecule has 1 heterocycles. The lowest BCUT2D eigenvalue weighted by molar-refractivity contribution is -0.123. The van der Waals surface area contributed by atoms with Crippen molar-refractivity contribution >= 4 is 11.6 Å². The first-order chi connectivity index (χ1) is 12.7. The summed E-state index contributed by atoms with van der Waals surface area (Å²) >= 11 is 0. The normalized spacial score (nSPS) is 20.7. The Hall–Kier alpha value is -2.33. The lowest BCUT2D eigenvalue weighted by Gasteiger charge is -2.30. The molecule has 0 spiro atoms. The number of aryl methyl sites for hydroxylation is 1. The second kappa shape index (κ2) is 7.50. The molecule has 0 bridgehead atoms. The first kappa shape index (κ1) is 17.1. The number of amides is 1. The lowest BCUT2D eigenvalue weighted by atomic mass is 9.96. The SMILES string of the molecule is NC(=O)C1CCN(Cc2cccc(N[C@@H]3CCc4ccccc43)c2)CC1. The number of piperidine rings is 1. The Labute approximate surface area is 155 Å². The van der Waals surface area contributed by atoms with Crippen LogP contribution in [0.5, 0.6) is 0 Å². The number of benzene rings is 2. The molecular formula is C22H27N3O. The van der Waals surface area contributed by atoms with Crippen molar-refractivity contribution in [2.24, 2.45) is 11.7 Å². The molecule has 0 saturated carbocycles. The zero-order valence-electron chi connectivity index (χ0n) is 15.2. The third kappa shape index (κ3) is 3.75. The summed E-state index contributed by atoms with van der Waals surface area (Å²) in [6, 6.07) is 17.9. The number of hydrogen-bond acceptors (Lipinski definition) is 3. The Kier molecular flexibility index (Phi) is 4.93. The summed E-state index contributed by atoms with van der Waals surface area (Å²) in [4.78, 5) is 13.7. The van der Waals surface area contributed by atoms with Crippen molar-refractivity contribution in [2.75, 3.05) is 18.4 Å². The number of carbonyl (C=O) groups is 1. The summed E-state index contributed by atoms with van der Waals surface area (Å²) in [7, 11) is 0. The van der Waals surface area contributed by atoms with Crippen LogP contribution < -0.4 is 11.1 Å². The topological polar surface area (TPSA) is 58.4 Å². The Bertz CT molecular complexity index is 780. The predicted octanol–water partition coefficient (Wildman–Crippen LogP) is 3.48. The summed E-state index contributed by atoms with van der Waals surface area (Å²) in [6.07, 6.45) is 4.07. The van der Waals surface area contributed by atoms with Gasteiger partial charge in [0.1, 0.15) is 0 Å². The predicted molar refractivity (Wildman–Crippen MR) is 105 cm³/mol. The second-order valence-corrected chi connectivity index (χ2v) is 7.59. The molecular weight excluding hydrogens is 322 g/mol. The van der Waals surface area contributed by atoms with Crippen molar-refractivity contribution in [2.45, 2.75) is 38.3 Å². The van der Waals surface area contributed by atoms with E-state index in [0.29, 0.717) is 6.04 Å². The molecule has 2 aromatic carbocycles. The van der Waals surface area contributed by atoms with Gasteiger partial charge >= 0.3 is 0 Å². The third-order valence-electron chi connectivity index (χ3n) is 5.80. The molecule has 26 heavy (non-hydrogen) atoms. The van der Waals surface area contributed by atoms with E-state index in [9.17, 15) is 4.79 Å². The van der Waals surface area contributed by atoms with Crippen LogP contribution in [-0.4, -0.2) is 23.9 Å². The highest BCUT2D eigenvalue weighted by Crippen LogP contribution is 2.33. The van der Waals surface area contributed by atoms with Crippen molar-refractivity contribution in [3.05, 3.63) is 65.2 Å². The number of nitrogens with one attached hydrogen (secondary N) is 1. The zero-order chi connectivity index (χ0) is 17.9. The quantitative estimate of drug-likeness (QED) is 0.869. The van der Waals surface area contributed by atoms with Gasteiger partial charge in [-0.25, -0.2) is 0 Å². The van der Waals surface area contributed by atoms with Crippen molar-refractivity contribution in [1.29, 1.82) is 0 Å². The van der Waals surface area contributed by atoms with Crippen molar-refractivity contribution in [3.8, 4) is 0 Å². The molecule has 4 nitrogen and oxygen atoms in total. The van der Waals surface area contributed by atoms with Gasteiger partial charge in [0.25, 0.3) is 0 Å². The number of fused-ring (bicyclic) bond motifs is 1. The maximum absolute atomic E-state index is 11.3. The number of rotatable bonds is 5. The van der Waals surface area contributed by atoms with E-state index >= 15 is 0 Å². The first-order valence-electron chi connectivity index (χ1n) is 9.64. The van der Waals surface area contributed by atoms with Crippen LogP contribution in [0.2, 0.25) is 0 Å². The minimum atomic E-state index is -0.146. The van der Waals surface area contributed by atoms with E-state index in [1.54, 1.807) is 0 Å². The molecule has 0 unspecified atom stereocenters. The molecule has 1 fully saturated rings. The van der Waals surface area contributed by atoms with Gasteiger partial charge in [-0.05, 0) is 67.6 Å². The average Bonchev–Trinajstić information content (AvgIpc) is 3.06. The van der Waals surface area contributed by atoms with E-state index < -0.39 is 0 Å². The molecule has 0 radical (unpaired) electrons. The van der Waals surface area contributed by atoms with Crippen LogP contribution in [0.25, 0.3) is 0 Å². The minimum Gasteiger partial charge on any atom is -0.378 e. The Morgan fingerprint density at radius 2 is 1.88 bits per heavy atom. The van der Waals surface area contributed by atoms with E-state index in [2.05, 4.69) is 58.7 Å². The molecule has 3 N–H and O–H groups in total. The fraction of sp³-hybridized carbons (Fsp3) is 0.409. The van der Waals surface area contributed by atoms with Crippen LogP contribution in [0.3, 0.4) is 0 Å². The van der Waals surface area contributed by atoms with Gasteiger partial charge in [-0.3, -0.25) is 9.69 Å². The lowest BCUT2D eigenvalue weighted by Crippen LogP contribution is -2.38. The van der Waals surface area contributed by atoms with Crippen LogP contribution in [0.15, 0.2) is 48.5 Å². The highest BCUT2D eigenvalue weighted by Gasteiger charge is 2.24. The standard InChI is InChI=1S/C22H27N3O/c23-22(26)18-10-12-25(13-11-18)15-16-4-3-6-19(14-16)24-21-9-8-17-5-1-2-7-20(17)21/h1-7,14,18,21,24H,8-13,15H2,(H2,23,26)/t21-/m1/s1. The number of likely N-dealkylation sites (tertiary alicyclic amines) is 1. The molecule has 4 rings (SSSR count). The van der Waals surface area contributed by atoms with Gasteiger partial charge in [0.15, 0.2) is 0 Å².